The Kier molecular flexibility index (Phi) is 4.67. The number of piperidine rings is 1. The number of hydrogen-bond acceptors (Lipinski definition) is 3. The molecule has 0 radical (unpaired) electrons. The lowest BCUT2D eigenvalue weighted by Crippen LogP contribution is -2.42. The Labute approximate surface area is 111 Å². The number of pyridine rings is 1. The van der Waals surface area contributed by atoms with Gasteiger partial charge in [-0.2, -0.15) is 0 Å². The van der Waals surface area contributed by atoms with E-state index in [1.807, 2.05) is 0 Å². The Morgan fingerprint density at radius 1 is 1.44 bits per heavy atom. The molecule has 0 aromatic carbocycles. The van der Waals surface area contributed by atoms with E-state index in [-0.39, 0.29) is 18.3 Å². The first kappa shape index (κ1) is 14.4. The number of carbonyl (C=O) groups is 2. The van der Waals surface area contributed by atoms with E-state index < -0.39 is 17.9 Å². The van der Waals surface area contributed by atoms with Crippen molar-refractivity contribution in [2.24, 2.45) is 5.92 Å². The van der Waals surface area contributed by atoms with E-state index in [0.717, 1.165) is 5.56 Å². The minimum atomic E-state index is -0.855. The van der Waals surface area contributed by atoms with Gasteiger partial charge in [0.15, 0.2) is 0 Å². The molecular weight excluding hydrogens is 256 g/mol. The van der Waals surface area contributed by atoms with Gasteiger partial charge in [-0.15, -0.1) is 12.4 Å². The highest BCUT2D eigenvalue weighted by molar-refractivity contribution is 5.85. The highest BCUT2D eigenvalue weighted by atomic mass is 35.5. The average molecular weight is 271 g/mol. The highest BCUT2D eigenvalue weighted by Crippen LogP contribution is 2.35. The Hall–Kier alpha value is -1.62. The second kappa shape index (κ2) is 5.82. The number of carbonyl (C=O) groups excluding carboxylic acids is 1. The summed E-state index contributed by atoms with van der Waals surface area (Å²) >= 11 is 0. The van der Waals surface area contributed by atoms with Crippen molar-refractivity contribution < 1.29 is 14.7 Å². The minimum absolute atomic E-state index is 0. The molecule has 2 atom stereocenters. The summed E-state index contributed by atoms with van der Waals surface area (Å²) in [6, 6.07) is 3.13. The maximum atomic E-state index is 11.7. The van der Waals surface area contributed by atoms with E-state index in [4.69, 9.17) is 0 Å². The van der Waals surface area contributed by atoms with Gasteiger partial charge in [0.05, 0.1) is 12.0 Å². The number of aromatic nitrogens is 1. The van der Waals surface area contributed by atoms with Crippen molar-refractivity contribution in [1.29, 1.82) is 0 Å². The van der Waals surface area contributed by atoms with Crippen LogP contribution in [0.1, 0.15) is 24.4 Å². The molecule has 1 saturated heterocycles. The number of halogens is 1. The van der Waals surface area contributed by atoms with Gasteiger partial charge in [0, 0.05) is 25.9 Å². The maximum Gasteiger partial charge on any atom is 0.308 e. The van der Waals surface area contributed by atoms with Gasteiger partial charge in [0.1, 0.15) is 0 Å². The van der Waals surface area contributed by atoms with Gasteiger partial charge in [-0.3, -0.25) is 14.6 Å². The molecule has 0 spiro atoms. The molecule has 1 aliphatic heterocycles. The summed E-state index contributed by atoms with van der Waals surface area (Å²) in [4.78, 5) is 28.3. The van der Waals surface area contributed by atoms with Crippen LogP contribution in [-0.2, 0) is 9.59 Å². The molecule has 1 aromatic rings. The normalized spacial score (nSPS) is 23.4. The molecule has 1 aromatic heterocycles. The third kappa shape index (κ3) is 2.61. The summed E-state index contributed by atoms with van der Waals surface area (Å²) in [5, 5.41) is 9.22. The van der Waals surface area contributed by atoms with Gasteiger partial charge in [-0.1, -0.05) is 0 Å². The molecule has 18 heavy (non-hydrogen) atoms. The van der Waals surface area contributed by atoms with Crippen LogP contribution in [0.15, 0.2) is 24.5 Å². The van der Waals surface area contributed by atoms with Gasteiger partial charge in [0.2, 0.25) is 5.91 Å². The summed E-state index contributed by atoms with van der Waals surface area (Å²) in [6.07, 6.45) is 3.92. The van der Waals surface area contributed by atoms with E-state index in [1.54, 1.807) is 31.6 Å². The van der Waals surface area contributed by atoms with Gasteiger partial charge in [-0.05, 0) is 24.1 Å². The Morgan fingerprint density at radius 2 is 2.06 bits per heavy atom. The Morgan fingerprint density at radius 3 is 2.61 bits per heavy atom. The fraction of sp³-hybridized carbons (Fsp3) is 0.417. The molecule has 5 nitrogen and oxygen atoms in total. The van der Waals surface area contributed by atoms with Gasteiger partial charge < -0.3 is 10.0 Å². The SMILES string of the molecule is CN1C(=O)CCC(C(=O)O)C1c1ccncc1.Cl. The lowest BCUT2D eigenvalue weighted by Gasteiger charge is -2.37. The number of carboxylic acids is 1. The Balaban J connectivity index is 0.00000162. The molecule has 2 unspecified atom stereocenters. The van der Waals surface area contributed by atoms with Crippen LogP contribution in [0.25, 0.3) is 0 Å². The number of amides is 1. The first-order chi connectivity index (χ1) is 8.11. The summed E-state index contributed by atoms with van der Waals surface area (Å²) < 4.78 is 0. The second-order valence-electron chi connectivity index (χ2n) is 4.21. The largest absolute Gasteiger partial charge is 0.481 e. The van der Waals surface area contributed by atoms with E-state index in [9.17, 15) is 14.7 Å². The molecule has 1 amide bonds. The number of likely N-dealkylation sites (tertiary alicyclic amines) is 1. The van der Waals surface area contributed by atoms with Gasteiger partial charge in [0.25, 0.3) is 0 Å². The van der Waals surface area contributed by atoms with Crippen molar-refractivity contribution in [3.63, 3.8) is 0 Å². The van der Waals surface area contributed by atoms with Crippen LogP contribution in [0.3, 0.4) is 0 Å². The minimum Gasteiger partial charge on any atom is -0.481 e. The zero-order valence-electron chi connectivity index (χ0n) is 9.94. The molecule has 1 aliphatic rings. The summed E-state index contributed by atoms with van der Waals surface area (Å²) in [6.45, 7) is 0. The van der Waals surface area contributed by atoms with Crippen LogP contribution >= 0.6 is 12.4 Å². The van der Waals surface area contributed by atoms with Crippen LogP contribution in [0, 0.1) is 5.92 Å². The van der Waals surface area contributed by atoms with Crippen molar-refractivity contribution in [3.05, 3.63) is 30.1 Å². The zero-order valence-corrected chi connectivity index (χ0v) is 10.8. The van der Waals surface area contributed by atoms with Gasteiger partial charge in [-0.25, -0.2) is 0 Å². The summed E-state index contributed by atoms with van der Waals surface area (Å²) in [5.41, 5.74) is 0.822. The number of rotatable bonds is 2. The van der Waals surface area contributed by atoms with Gasteiger partial charge >= 0.3 is 5.97 Å². The molecule has 98 valence electrons. The van der Waals surface area contributed by atoms with Crippen LogP contribution in [0.5, 0.6) is 0 Å². The molecule has 6 heteroatoms. The molecule has 1 N–H and O–H groups in total. The predicted molar refractivity (Wildman–Crippen MR) is 67.4 cm³/mol. The number of carboxylic acid groups (broad SMARTS) is 1. The van der Waals surface area contributed by atoms with E-state index in [1.165, 1.54) is 4.90 Å². The molecule has 0 bridgehead atoms. The van der Waals surface area contributed by atoms with Crippen molar-refractivity contribution in [3.8, 4) is 0 Å². The monoisotopic (exact) mass is 270 g/mol. The third-order valence-corrected chi connectivity index (χ3v) is 3.23. The number of hydrogen-bond donors (Lipinski definition) is 1. The number of aliphatic carboxylic acids is 1. The second-order valence-corrected chi connectivity index (χ2v) is 4.21. The predicted octanol–water partition coefficient (Wildman–Crippen LogP) is 1.50. The topological polar surface area (TPSA) is 70.5 Å². The molecule has 0 aliphatic carbocycles. The smallest absolute Gasteiger partial charge is 0.308 e. The highest BCUT2D eigenvalue weighted by Gasteiger charge is 2.38. The lowest BCUT2D eigenvalue weighted by atomic mass is 9.85. The van der Waals surface area contributed by atoms with E-state index in [2.05, 4.69) is 4.98 Å². The van der Waals surface area contributed by atoms with Crippen LogP contribution in [0.2, 0.25) is 0 Å². The quantitative estimate of drug-likeness (QED) is 0.884. The van der Waals surface area contributed by atoms with E-state index in [0.29, 0.717) is 12.8 Å². The van der Waals surface area contributed by atoms with Crippen LogP contribution < -0.4 is 0 Å². The standard InChI is InChI=1S/C12H14N2O3.ClH/c1-14-10(15)3-2-9(12(16)17)11(14)8-4-6-13-7-5-8;/h4-7,9,11H,2-3H2,1H3,(H,16,17);1H. The third-order valence-electron chi connectivity index (χ3n) is 3.23. The van der Waals surface area contributed by atoms with Crippen molar-refractivity contribution in [2.75, 3.05) is 7.05 Å². The zero-order chi connectivity index (χ0) is 12.4. The molecule has 0 saturated carbocycles. The molecule has 2 heterocycles. The lowest BCUT2D eigenvalue weighted by molar-refractivity contribution is -0.150. The number of nitrogens with zero attached hydrogens (tertiary/aromatic N) is 2. The summed E-state index contributed by atoms with van der Waals surface area (Å²) in [5.74, 6) is -1.41. The fourth-order valence-electron chi connectivity index (χ4n) is 2.31. The van der Waals surface area contributed by atoms with Crippen LogP contribution in [-0.4, -0.2) is 33.9 Å². The molecule has 2 rings (SSSR count). The van der Waals surface area contributed by atoms with Crippen molar-refractivity contribution in [2.45, 2.75) is 18.9 Å². The molecule has 1 fully saturated rings. The van der Waals surface area contributed by atoms with E-state index >= 15 is 0 Å². The summed E-state index contributed by atoms with van der Waals surface area (Å²) in [7, 11) is 1.66. The molecular formula is C12H15ClN2O3. The fourth-order valence-corrected chi connectivity index (χ4v) is 2.31. The first-order valence-corrected chi connectivity index (χ1v) is 5.49. The first-order valence-electron chi connectivity index (χ1n) is 5.49. The van der Waals surface area contributed by atoms with Crippen molar-refractivity contribution in [1.82, 2.24) is 9.88 Å². The Bertz CT molecular complexity index is 438. The van der Waals surface area contributed by atoms with Crippen molar-refractivity contribution >= 4 is 24.3 Å². The maximum absolute atomic E-state index is 11.7. The average Bonchev–Trinajstić information content (AvgIpc) is 2.33. The van der Waals surface area contributed by atoms with Crippen LogP contribution in [0.4, 0.5) is 0 Å².